The molecule has 1 rings (SSSR count). The number of hydrogen-bond acceptors (Lipinski definition) is 3. The highest BCUT2D eigenvalue weighted by Crippen LogP contribution is 2.29. The van der Waals surface area contributed by atoms with Gasteiger partial charge in [0, 0.05) is 0 Å². The Kier molecular flexibility index (Phi) is 3.26. The summed E-state index contributed by atoms with van der Waals surface area (Å²) in [5, 5.41) is -0.429. The Balaban J connectivity index is 3.17. The lowest BCUT2D eigenvalue weighted by atomic mass is 10.1. The van der Waals surface area contributed by atoms with Gasteiger partial charge in [0.05, 0.1) is 5.69 Å². The van der Waals surface area contributed by atoms with E-state index >= 15 is 0 Å². The second-order valence-corrected chi connectivity index (χ2v) is 5.23. The molecule has 1 aromatic heterocycles. The van der Waals surface area contributed by atoms with Gasteiger partial charge in [0.2, 0.25) is 0 Å². The zero-order valence-electron chi connectivity index (χ0n) is 6.60. The number of halogens is 2. The SMILES string of the molecule is CC(C)c1nc(Br)sc1C(=O)Cl. The molecule has 0 saturated heterocycles. The normalized spacial score (nSPS) is 10.8. The Bertz CT molecular complexity index is 310. The molecule has 0 atom stereocenters. The molecule has 0 bridgehead atoms. The van der Waals surface area contributed by atoms with Crippen LogP contribution in [0.5, 0.6) is 0 Å². The van der Waals surface area contributed by atoms with Crippen molar-refractivity contribution in [2.24, 2.45) is 0 Å². The van der Waals surface area contributed by atoms with Gasteiger partial charge in [0.25, 0.3) is 5.24 Å². The van der Waals surface area contributed by atoms with Crippen LogP contribution in [-0.2, 0) is 0 Å². The molecular formula is C7H7BrClNOS. The Morgan fingerprint density at radius 3 is 2.58 bits per heavy atom. The molecule has 0 aliphatic heterocycles. The molecule has 2 nitrogen and oxygen atoms in total. The van der Waals surface area contributed by atoms with E-state index in [1.54, 1.807) is 0 Å². The maximum atomic E-state index is 10.9. The lowest BCUT2D eigenvalue weighted by Gasteiger charge is -1.99. The topological polar surface area (TPSA) is 30.0 Å². The zero-order chi connectivity index (χ0) is 9.30. The molecule has 0 aliphatic rings. The Hall–Kier alpha value is 0.0700. The Labute approximate surface area is 88.1 Å². The molecule has 1 aromatic rings. The van der Waals surface area contributed by atoms with Crippen LogP contribution in [0.3, 0.4) is 0 Å². The Morgan fingerprint density at radius 2 is 2.25 bits per heavy atom. The molecule has 0 saturated carbocycles. The average molecular weight is 269 g/mol. The van der Waals surface area contributed by atoms with Crippen molar-refractivity contribution in [3.05, 3.63) is 14.5 Å². The van der Waals surface area contributed by atoms with E-state index < -0.39 is 5.24 Å². The number of aromatic nitrogens is 1. The summed E-state index contributed by atoms with van der Waals surface area (Å²) in [5.74, 6) is 0.227. The van der Waals surface area contributed by atoms with Crippen LogP contribution in [0.1, 0.15) is 35.1 Å². The van der Waals surface area contributed by atoms with Crippen molar-refractivity contribution in [2.75, 3.05) is 0 Å². The predicted octanol–water partition coefficient (Wildman–Crippen LogP) is 3.41. The van der Waals surface area contributed by atoms with Crippen LogP contribution in [0.25, 0.3) is 0 Å². The van der Waals surface area contributed by atoms with E-state index in [9.17, 15) is 4.79 Å². The number of hydrogen-bond donors (Lipinski definition) is 0. The smallest absolute Gasteiger partial charge is 0.264 e. The highest BCUT2D eigenvalue weighted by Gasteiger charge is 2.17. The Morgan fingerprint density at radius 1 is 1.67 bits per heavy atom. The molecule has 1 heterocycles. The molecule has 0 unspecified atom stereocenters. The van der Waals surface area contributed by atoms with Crippen molar-refractivity contribution >= 4 is 44.1 Å². The first-order valence-electron chi connectivity index (χ1n) is 3.38. The molecule has 0 aliphatic carbocycles. The van der Waals surface area contributed by atoms with E-state index in [0.29, 0.717) is 8.79 Å². The summed E-state index contributed by atoms with van der Waals surface area (Å²) in [7, 11) is 0. The summed E-state index contributed by atoms with van der Waals surface area (Å²) in [6.07, 6.45) is 0. The second kappa shape index (κ2) is 3.85. The van der Waals surface area contributed by atoms with Gasteiger partial charge in [-0.2, -0.15) is 0 Å². The first-order chi connectivity index (χ1) is 5.52. The highest BCUT2D eigenvalue weighted by molar-refractivity contribution is 9.11. The number of thiazole rings is 1. The highest BCUT2D eigenvalue weighted by atomic mass is 79.9. The third-order valence-electron chi connectivity index (χ3n) is 1.35. The van der Waals surface area contributed by atoms with E-state index in [1.807, 2.05) is 13.8 Å². The molecule has 0 aromatic carbocycles. The maximum Gasteiger partial charge on any atom is 0.264 e. The molecular weight excluding hydrogens is 262 g/mol. The summed E-state index contributed by atoms with van der Waals surface area (Å²) < 4.78 is 0.704. The van der Waals surface area contributed by atoms with Crippen LogP contribution in [0.4, 0.5) is 0 Å². The summed E-state index contributed by atoms with van der Waals surface area (Å²) >= 11 is 9.87. The van der Waals surface area contributed by atoms with Gasteiger partial charge >= 0.3 is 0 Å². The van der Waals surface area contributed by atoms with E-state index in [1.165, 1.54) is 11.3 Å². The molecule has 5 heteroatoms. The molecule has 0 spiro atoms. The standard InChI is InChI=1S/C7H7BrClNOS/c1-3(2)4-5(6(9)11)12-7(8)10-4/h3H,1-2H3. The van der Waals surface area contributed by atoms with Crippen molar-refractivity contribution in [1.29, 1.82) is 0 Å². The van der Waals surface area contributed by atoms with E-state index in [4.69, 9.17) is 11.6 Å². The van der Waals surface area contributed by atoms with Crippen LogP contribution in [-0.4, -0.2) is 10.2 Å². The number of carbonyl (C=O) groups excluding carboxylic acids is 1. The first-order valence-corrected chi connectivity index (χ1v) is 5.37. The molecule has 0 N–H and O–H groups in total. The van der Waals surface area contributed by atoms with Gasteiger partial charge in [0.15, 0.2) is 3.92 Å². The fourth-order valence-electron chi connectivity index (χ4n) is 0.837. The minimum absolute atomic E-state index is 0.227. The van der Waals surface area contributed by atoms with Gasteiger partial charge in [-0.25, -0.2) is 4.98 Å². The van der Waals surface area contributed by atoms with Gasteiger partial charge in [-0.1, -0.05) is 13.8 Å². The van der Waals surface area contributed by atoms with Gasteiger partial charge in [-0.3, -0.25) is 4.79 Å². The summed E-state index contributed by atoms with van der Waals surface area (Å²) in [6, 6.07) is 0. The van der Waals surface area contributed by atoms with Gasteiger partial charge in [-0.05, 0) is 33.4 Å². The van der Waals surface area contributed by atoms with E-state index in [0.717, 1.165) is 5.69 Å². The molecule has 12 heavy (non-hydrogen) atoms. The van der Waals surface area contributed by atoms with Crippen LogP contribution in [0.2, 0.25) is 0 Å². The predicted molar refractivity (Wildman–Crippen MR) is 54.1 cm³/mol. The van der Waals surface area contributed by atoms with Crippen molar-refractivity contribution in [1.82, 2.24) is 4.98 Å². The zero-order valence-corrected chi connectivity index (χ0v) is 9.76. The second-order valence-electron chi connectivity index (χ2n) is 2.61. The number of carbonyl (C=O) groups is 1. The third kappa shape index (κ3) is 2.06. The molecule has 0 fully saturated rings. The minimum Gasteiger partial charge on any atom is -0.275 e. The molecule has 66 valence electrons. The minimum atomic E-state index is -0.429. The number of rotatable bonds is 2. The monoisotopic (exact) mass is 267 g/mol. The lowest BCUT2D eigenvalue weighted by Crippen LogP contribution is -1.95. The largest absolute Gasteiger partial charge is 0.275 e. The summed E-state index contributed by atoms with van der Waals surface area (Å²) in [4.78, 5) is 15.6. The third-order valence-corrected chi connectivity index (χ3v) is 3.18. The van der Waals surface area contributed by atoms with Crippen molar-refractivity contribution in [3.63, 3.8) is 0 Å². The van der Waals surface area contributed by atoms with Crippen molar-refractivity contribution in [3.8, 4) is 0 Å². The number of nitrogens with zero attached hydrogens (tertiary/aromatic N) is 1. The molecule has 0 radical (unpaired) electrons. The lowest BCUT2D eigenvalue weighted by molar-refractivity contribution is 0.108. The summed E-state index contributed by atoms with van der Waals surface area (Å²) in [6.45, 7) is 3.95. The van der Waals surface area contributed by atoms with Crippen LogP contribution >= 0.6 is 38.9 Å². The van der Waals surface area contributed by atoms with Crippen molar-refractivity contribution in [2.45, 2.75) is 19.8 Å². The van der Waals surface area contributed by atoms with Gasteiger partial charge < -0.3 is 0 Å². The average Bonchev–Trinajstić information content (AvgIpc) is 2.31. The van der Waals surface area contributed by atoms with Crippen LogP contribution in [0.15, 0.2) is 3.92 Å². The quantitative estimate of drug-likeness (QED) is 0.770. The van der Waals surface area contributed by atoms with E-state index in [2.05, 4.69) is 20.9 Å². The van der Waals surface area contributed by atoms with Gasteiger partial charge in [-0.15, -0.1) is 11.3 Å². The van der Waals surface area contributed by atoms with Crippen molar-refractivity contribution < 1.29 is 4.79 Å². The van der Waals surface area contributed by atoms with Gasteiger partial charge in [0.1, 0.15) is 4.88 Å². The summed E-state index contributed by atoms with van der Waals surface area (Å²) in [5.41, 5.74) is 0.770. The maximum absolute atomic E-state index is 10.9. The van der Waals surface area contributed by atoms with E-state index in [-0.39, 0.29) is 5.92 Å². The first kappa shape index (κ1) is 10.2. The molecule has 0 amide bonds. The van der Waals surface area contributed by atoms with Crippen LogP contribution in [0, 0.1) is 0 Å². The fraction of sp³-hybridized carbons (Fsp3) is 0.429. The fourth-order valence-corrected chi connectivity index (χ4v) is 2.50. The van der Waals surface area contributed by atoms with Crippen LogP contribution < -0.4 is 0 Å².